The number of ether oxygens (including phenoxy) is 1. The number of nitrogens with zero attached hydrogens (tertiary/aromatic N) is 2. The highest BCUT2D eigenvalue weighted by molar-refractivity contribution is 6.09. The minimum atomic E-state index is -1.39. The van der Waals surface area contributed by atoms with Crippen molar-refractivity contribution in [3.63, 3.8) is 0 Å². The van der Waals surface area contributed by atoms with Crippen LogP contribution in [0, 0.1) is 0 Å². The molecule has 2 atom stereocenters. The topological polar surface area (TPSA) is 163 Å². The quantitative estimate of drug-likeness (QED) is 0.136. The molecule has 39 heavy (non-hydrogen) atoms. The molecule has 1 aliphatic rings. The SMILES string of the molecule is CC1(c2ccc(/C=N/N)cc2)NC(=O)N(CC(=O)NC(CC(=O)O)c2cccc(Oc3ccccc3)c2)C1=O. The van der Waals surface area contributed by atoms with Gasteiger partial charge < -0.3 is 26.3 Å². The molecular weight excluding hydrogens is 502 g/mol. The Hall–Kier alpha value is -5.19. The maximum Gasteiger partial charge on any atom is 0.325 e. The first-order valence-electron chi connectivity index (χ1n) is 12.0. The average molecular weight is 530 g/mol. The van der Waals surface area contributed by atoms with Gasteiger partial charge in [0.25, 0.3) is 5.91 Å². The molecule has 1 saturated heterocycles. The number of carbonyl (C=O) groups is 4. The maximum atomic E-state index is 13.2. The van der Waals surface area contributed by atoms with Gasteiger partial charge in [-0.15, -0.1) is 0 Å². The van der Waals surface area contributed by atoms with E-state index in [1.54, 1.807) is 67.6 Å². The maximum absolute atomic E-state index is 13.2. The van der Waals surface area contributed by atoms with Gasteiger partial charge in [-0.1, -0.05) is 54.6 Å². The molecule has 4 rings (SSSR count). The number of hydrazone groups is 1. The number of carboxylic acid groups (broad SMARTS) is 1. The standard InChI is InChI=1S/C28H27N5O6/c1-28(20-12-10-18(11-13-20)16-30-29)26(37)33(27(38)32-28)17-24(34)31-23(15-25(35)36)19-6-5-9-22(14-19)39-21-7-3-2-4-8-21/h2-14,16,23H,15,17,29H2,1H3,(H,31,34)(H,32,38)(H,35,36)/b30-16+. The van der Waals surface area contributed by atoms with E-state index in [1.165, 1.54) is 6.21 Å². The van der Waals surface area contributed by atoms with Crippen molar-refractivity contribution in [3.05, 3.63) is 95.6 Å². The van der Waals surface area contributed by atoms with E-state index in [0.717, 1.165) is 4.90 Å². The number of carbonyl (C=O) groups excluding carboxylic acids is 3. The lowest BCUT2D eigenvalue weighted by atomic mass is 9.91. The van der Waals surface area contributed by atoms with E-state index in [9.17, 15) is 24.3 Å². The van der Waals surface area contributed by atoms with Gasteiger partial charge in [-0.3, -0.25) is 19.3 Å². The predicted octanol–water partition coefficient (Wildman–Crippen LogP) is 2.87. The third-order valence-electron chi connectivity index (χ3n) is 6.24. The number of para-hydroxylation sites is 1. The molecule has 0 spiro atoms. The fraction of sp³-hybridized carbons (Fsp3) is 0.179. The highest BCUT2D eigenvalue weighted by Crippen LogP contribution is 2.29. The van der Waals surface area contributed by atoms with Crippen LogP contribution in [0.25, 0.3) is 0 Å². The molecule has 5 N–H and O–H groups in total. The van der Waals surface area contributed by atoms with Gasteiger partial charge in [0.05, 0.1) is 18.7 Å². The first-order valence-corrected chi connectivity index (χ1v) is 12.0. The van der Waals surface area contributed by atoms with Gasteiger partial charge in [0.1, 0.15) is 23.6 Å². The average Bonchev–Trinajstić information content (AvgIpc) is 3.13. The molecule has 0 saturated carbocycles. The Morgan fingerprint density at radius 1 is 1.08 bits per heavy atom. The number of aliphatic carboxylic acids is 1. The molecule has 3 aromatic rings. The molecular formula is C28H27N5O6. The zero-order valence-corrected chi connectivity index (χ0v) is 21.0. The molecule has 2 unspecified atom stereocenters. The number of benzene rings is 3. The van der Waals surface area contributed by atoms with Crippen molar-refractivity contribution in [1.29, 1.82) is 0 Å². The first-order chi connectivity index (χ1) is 18.7. The minimum Gasteiger partial charge on any atom is -0.481 e. The van der Waals surface area contributed by atoms with Gasteiger partial charge in [-0.2, -0.15) is 5.10 Å². The van der Waals surface area contributed by atoms with Crippen molar-refractivity contribution in [2.24, 2.45) is 10.9 Å². The summed E-state index contributed by atoms with van der Waals surface area (Å²) >= 11 is 0. The number of hydrogen-bond acceptors (Lipinski definition) is 7. The van der Waals surface area contributed by atoms with Crippen LogP contribution in [0.4, 0.5) is 4.79 Å². The van der Waals surface area contributed by atoms with Crippen LogP contribution < -0.4 is 21.2 Å². The van der Waals surface area contributed by atoms with Crippen LogP contribution in [0.3, 0.4) is 0 Å². The van der Waals surface area contributed by atoms with Crippen LogP contribution in [-0.4, -0.2) is 46.6 Å². The van der Waals surface area contributed by atoms with Gasteiger partial charge in [-0.05, 0) is 47.9 Å². The second-order valence-corrected chi connectivity index (χ2v) is 9.05. The smallest absolute Gasteiger partial charge is 0.325 e. The molecule has 3 aromatic carbocycles. The summed E-state index contributed by atoms with van der Waals surface area (Å²) in [5.41, 5.74) is 0.319. The number of carboxylic acids is 1. The number of nitrogens with two attached hydrogens (primary N) is 1. The monoisotopic (exact) mass is 529 g/mol. The number of urea groups is 1. The van der Waals surface area contributed by atoms with Crippen LogP contribution in [0.15, 0.2) is 84.0 Å². The molecule has 1 fully saturated rings. The summed E-state index contributed by atoms with van der Waals surface area (Å²) in [4.78, 5) is 51.3. The summed E-state index contributed by atoms with van der Waals surface area (Å²) in [5, 5.41) is 18.2. The Balaban J connectivity index is 1.48. The molecule has 0 bridgehead atoms. The zero-order chi connectivity index (χ0) is 28.0. The van der Waals surface area contributed by atoms with Gasteiger partial charge in [0.2, 0.25) is 5.91 Å². The summed E-state index contributed by atoms with van der Waals surface area (Å²) in [7, 11) is 0. The fourth-order valence-electron chi connectivity index (χ4n) is 4.25. The Bertz CT molecular complexity index is 1410. The number of hydrogen-bond donors (Lipinski definition) is 4. The molecule has 0 aromatic heterocycles. The van der Waals surface area contributed by atoms with Crippen molar-refractivity contribution >= 4 is 30.0 Å². The van der Waals surface area contributed by atoms with Crippen LogP contribution in [0.5, 0.6) is 11.5 Å². The Morgan fingerprint density at radius 2 is 1.77 bits per heavy atom. The molecule has 11 nitrogen and oxygen atoms in total. The predicted molar refractivity (Wildman–Crippen MR) is 142 cm³/mol. The zero-order valence-electron chi connectivity index (χ0n) is 21.0. The Kier molecular flexibility index (Phi) is 7.90. The van der Waals surface area contributed by atoms with E-state index in [-0.39, 0.29) is 0 Å². The second-order valence-electron chi connectivity index (χ2n) is 9.05. The summed E-state index contributed by atoms with van der Waals surface area (Å²) in [6, 6.07) is 20.8. The third kappa shape index (κ3) is 6.21. The van der Waals surface area contributed by atoms with E-state index in [4.69, 9.17) is 10.6 Å². The van der Waals surface area contributed by atoms with Crippen molar-refractivity contribution in [3.8, 4) is 11.5 Å². The van der Waals surface area contributed by atoms with Gasteiger partial charge in [0.15, 0.2) is 0 Å². The normalized spacial score (nSPS) is 17.6. The van der Waals surface area contributed by atoms with Crippen LogP contribution in [-0.2, 0) is 19.9 Å². The number of rotatable bonds is 10. The highest BCUT2D eigenvalue weighted by atomic mass is 16.5. The summed E-state index contributed by atoms with van der Waals surface area (Å²) in [6.07, 6.45) is 1.02. The molecule has 1 aliphatic heterocycles. The van der Waals surface area contributed by atoms with Crippen LogP contribution in [0.2, 0.25) is 0 Å². The molecule has 11 heteroatoms. The van der Waals surface area contributed by atoms with Crippen molar-refractivity contribution < 1.29 is 29.0 Å². The third-order valence-corrected chi connectivity index (χ3v) is 6.24. The van der Waals surface area contributed by atoms with Crippen molar-refractivity contribution in [2.45, 2.75) is 24.9 Å². The van der Waals surface area contributed by atoms with Crippen LogP contribution >= 0.6 is 0 Å². The Morgan fingerprint density at radius 3 is 2.44 bits per heavy atom. The van der Waals surface area contributed by atoms with E-state index in [1.807, 2.05) is 18.2 Å². The molecule has 200 valence electrons. The lowest BCUT2D eigenvalue weighted by Crippen LogP contribution is -2.44. The summed E-state index contributed by atoms with van der Waals surface area (Å²) < 4.78 is 5.82. The summed E-state index contributed by atoms with van der Waals surface area (Å²) in [5.74, 6) is 3.76. The lowest BCUT2D eigenvalue weighted by molar-refractivity contribution is -0.138. The van der Waals surface area contributed by atoms with Gasteiger partial charge >= 0.3 is 12.0 Å². The van der Waals surface area contributed by atoms with E-state index < -0.39 is 48.4 Å². The van der Waals surface area contributed by atoms with Crippen molar-refractivity contribution in [1.82, 2.24) is 15.5 Å². The Labute approximate surface area is 224 Å². The van der Waals surface area contributed by atoms with Crippen molar-refractivity contribution in [2.75, 3.05) is 6.54 Å². The van der Waals surface area contributed by atoms with E-state index in [2.05, 4.69) is 15.7 Å². The van der Waals surface area contributed by atoms with Crippen LogP contribution in [0.1, 0.15) is 36.1 Å². The van der Waals surface area contributed by atoms with E-state index >= 15 is 0 Å². The van der Waals surface area contributed by atoms with Gasteiger partial charge in [-0.25, -0.2) is 4.79 Å². The lowest BCUT2D eigenvalue weighted by Gasteiger charge is -2.23. The highest BCUT2D eigenvalue weighted by Gasteiger charge is 2.49. The molecule has 0 radical (unpaired) electrons. The molecule has 1 heterocycles. The minimum absolute atomic E-state index is 0.420. The number of amides is 4. The summed E-state index contributed by atoms with van der Waals surface area (Å²) in [6.45, 7) is 0.955. The second kappa shape index (κ2) is 11.5. The number of nitrogens with one attached hydrogen (secondary N) is 2. The van der Waals surface area contributed by atoms with Gasteiger partial charge in [0, 0.05) is 0 Å². The largest absolute Gasteiger partial charge is 0.481 e. The van der Waals surface area contributed by atoms with E-state index in [0.29, 0.717) is 28.2 Å². The fourth-order valence-corrected chi connectivity index (χ4v) is 4.25. The molecule has 0 aliphatic carbocycles. The molecule has 4 amide bonds. The first kappa shape index (κ1) is 26.9. The number of imide groups is 1.